The molecule has 2 heterocycles. The second kappa shape index (κ2) is 6.19. The van der Waals surface area contributed by atoms with Crippen molar-refractivity contribution in [3.63, 3.8) is 0 Å². The van der Waals surface area contributed by atoms with Gasteiger partial charge in [-0.05, 0) is 24.3 Å². The van der Waals surface area contributed by atoms with Crippen LogP contribution >= 0.6 is 0 Å². The molecule has 0 spiro atoms. The summed E-state index contributed by atoms with van der Waals surface area (Å²) in [4.78, 5) is 25.3. The van der Waals surface area contributed by atoms with Crippen LogP contribution in [0.4, 0.5) is 5.69 Å². The first-order valence-corrected chi connectivity index (χ1v) is 7.53. The van der Waals surface area contributed by atoms with E-state index in [-0.39, 0.29) is 12.0 Å². The second-order valence-corrected chi connectivity index (χ2v) is 5.52. The molecular formula is C16H20N4O2. The molecule has 22 heavy (non-hydrogen) atoms. The van der Waals surface area contributed by atoms with Gasteiger partial charge in [0.2, 0.25) is 5.91 Å². The number of hydrogen-bond acceptors (Lipinski definition) is 4. The second-order valence-electron chi connectivity index (χ2n) is 5.52. The van der Waals surface area contributed by atoms with Crippen LogP contribution < -0.4 is 21.5 Å². The number of rotatable bonds is 4. The molecule has 3 rings (SSSR count). The van der Waals surface area contributed by atoms with E-state index in [9.17, 15) is 9.59 Å². The van der Waals surface area contributed by atoms with Crippen LogP contribution in [0, 0.1) is 0 Å². The number of nitrogens with zero attached hydrogens (tertiary/aromatic N) is 2. The van der Waals surface area contributed by atoms with Gasteiger partial charge in [-0.15, -0.1) is 0 Å². The number of fused-ring (bicyclic) bond motifs is 1. The van der Waals surface area contributed by atoms with Crippen molar-refractivity contribution in [1.29, 1.82) is 0 Å². The van der Waals surface area contributed by atoms with Gasteiger partial charge >= 0.3 is 0 Å². The maximum absolute atomic E-state index is 12.0. The Morgan fingerprint density at radius 2 is 1.95 bits per heavy atom. The van der Waals surface area contributed by atoms with Crippen LogP contribution in [0.15, 0.2) is 35.1 Å². The van der Waals surface area contributed by atoms with E-state index in [2.05, 4.69) is 16.3 Å². The van der Waals surface area contributed by atoms with Crippen molar-refractivity contribution in [3.8, 4) is 0 Å². The van der Waals surface area contributed by atoms with Gasteiger partial charge in [-0.1, -0.05) is 0 Å². The molecule has 6 heteroatoms. The maximum Gasteiger partial charge on any atom is 0.251 e. The Morgan fingerprint density at radius 3 is 2.68 bits per heavy atom. The molecule has 1 aromatic carbocycles. The van der Waals surface area contributed by atoms with Gasteiger partial charge in [-0.25, -0.2) is 0 Å². The summed E-state index contributed by atoms with van der Waals surface area (Å²) < 4.78 is 1.61. The molecule has 1 fully saturated rings. The van der Waals surface area contributed by atoms with Crippen molar-refractivity contribution in [3.05, 3.63) is 40.7 Å². The first-order valence-electron chi connectivity index (χ1n) is 7.53. The highest BCUT2D eigenvalue weighted by Crippen LogP contribution is 2.21. The smallest absolute Gasteiger partial charge is 0.251 e. The molecule has 0 radical (unpaired) electrons. The van der Waals surface area contributed by atoms with Crippen LogP contribution in [0.2, 0.25) is 0 Å². The Balaban J connectivity index is 1.97. The fraction of sp³-hybridized carbons (Fsp3) is 0.375. The zero-order chi connectivity index (χ0) is 15.5. The number of carbonyl (C=O) groups is 1. The van der Waals surface area contributed by atoms with Gasteiger partial charge in [0.1, 0.15) is 0 Å². The fourth-order valence-corrected chi connectivity index (χ4v) is 2.86. The molecule has 0 atom stereocenters. The zero-order valence-corrected chi connectivity index (χ0v) is 12.4. The van der Waals surface area contributed by atoms with E-state index in [1.165, 1.54) is 0 Å². The third kappa shape index (κ3) is 2.96. The maximum atomic E-state index is 12.0. The van der Waals surface area contributed by atoms with Gasteiger partial charge in [-0.3, -0.25) is 9.59 Å². The average molecular weight is 300 g/mol. The average Bonchev–Trinajstić information content (AvgIpc) is 2.54. The predicted molar refractivity (Wildman–Crippen MR) is 87.1 cm³/mol. The highest BCUT2D eigenvalue weighted by molar-refractivity contribution is 5.83. The molecular weight excluding hydrogens is 280 g/mol. The standard InChI is InChI=1S/C16H20N4O2/c17-15(21)5-8-20-14-3-2-13(19-9-6-18-7-10-19)11-12(14)1-4-16(20)22/h1-4,11,18H,5-10H2,(H2,17,21). The van der Waals surface area contributed by atoms with Crippen LogP contribution in [0.1, 0.15) is 6.42 Å². The molecule has 0 bridgehead atoms. The summed E-state index contributed by atoms with van der Waals surface area (Å²) in [6.07, 6.45) is 0.165. The number of aryl methyl sites for hydroxylation is 1. The topological polar surface area (TPSA) is 80.4 Å². The number of primary amides is 1. The molecule has 0 saturated carbocycles. The zero-order valence-electron chi connectivity index (χ0n) is 12.4. The summed E-state index contributed by atoms with van der Waals surface area (Å²) in [6, 6.07) is 9.47. The largest absolute Gasteiger partial charge is 0.370 e. The lowest BCUT2D eigenvalue weighted by atomic mass is 10.1. The molecule has 1 aliphatic heterocycles. The number of hydrogen-bond donors (Lipinski definition) is 2. The van der Waals surface area contributed by atoms with Crippen molar-refractivity contribution >= 4 is 22.5 Å². The summed E-state index contributed by atoms with van der Waals surface area (Å²) in [7, 11) is 0. The van der Waals surface area contributed by atoms with E-state index in [1.54, 1.807) is 10.6 Å². The molecule has 1 amide bonds. The van der Waals surface area contributed by atoms with Gasteiger partial charge in [0.15, 0.2) is 0 Å². The van der Waals surface area contributed by atoms with E-state index in [0.29, 0.717) is 6.54 Å². The molecule has 6 nitrogen and oxygen atoms in total. The summed E-state index contributed by atoms with van der Waals surface area (Å²) in [5, 5.41) is 4.33. The minimum atomic E-state index is -0.402. The highest BCUT2D eigenvalue weighted by Gasteiger charge is 2.12. The van der Waals surface area contributed by atoms with Crippen molar-refractivity contribution in [2.24, 2.45) is 5.73 Å². The third-order valence-corrected chi connectivity index (χ3v) is 4.04. The first-order chi connectivity index (χ1) is 10.6. The highest BCUT2D eigenvalue weighted by atomic mass is 16.1. The lowest BCUT2D eigenvalue weighted by Gasteiger charge is -2.29. The quantitative estimate of drug-likeness (QED) is 0.850. The number of carbonyl (C=O) groups excluding carboxylic acids is 1. The van der Waals surface area contributed by atoms with Gasteiger partial charge in [0.05, 0.1) is 5.52 Å². The summed E-state index contributed by atoms with van der Waals surface area (Å²) in [5.41, 5.74) is 7.08. The Bertz CT molecular complexity index is 747. The lowest BCUT2D eigenvalue weighted by Crippen LogP contribution is -2.43. The SMILES string of the molecule is NC(=O)CCn1c(=O)ccc2cc(N3CCNCC3)ccc21. The van der Waals surface area contributed by atoms with Crippen molar-refractivity contribution in [2.75, 3.05) is 31.1 Å². The Labute approximate surface area is 128 Å². The van der Waals surface area contributed by atoms with Gasteiger partial charge in [-0.2, -0.15) is 0 Å². The van der Waals surface area contributed by atoms with Gasteiger partial charge in [0.25, 0.3) is 5.56 Å². The molecule has 116 valence electrons. The van der Waals surface area contributed by atoms with E-state index >= 15 is 0 Å². The predicted octanol–water partition coefficient (Wildman–Crippen LogP) is 0.287. The van der Waals surface area contributed by atoms with Crippen LogP contribution in [0.5, 0.6) is 0 Å². The number of aromatic nitrogens is 1. The minimum Gasteiger partial charge on any atom is -0.370 e. The van der Waals surface area contributed by atoms with Crippen LogP contribution in [0.3, 0.4) is 0 Å². The summed E-state index contributed by atoms with van der Waals surface area (Å²) in [6.45, 7) is 4.24. The Hall–Kier alpha value is -2.34. The number of amides is 1. The molecule has 0 unspecified atom stereocenters. The van der Waals surface area contributed by atoms with Crippen molar-refractivity contribution in [1.82, 2.24) is 9.88 Å². The van der Waals surface area contributed by atoms with Gasteiger partial charge in [0, 0.05) is 56.3 Å². The number of nitrogens with two attached hydrogens (primary N) is 1. The molecule has 1 saturated heterocycles. The summed E-state index contributed by atoms with van der Waals surface area (Å²) in [5.74, 6) is -0.402. The fourth-order valence-electron chi connectivity index (χ4n) is 2.86. The first kappa shape index (κ1) is 14.6. The molecule has 1 aromatic heterocycles. The van der Waals surface area contributed by atoms with E-state index in [1.807, 2.05) is 18.2 Å². The Kier molecular flexibility index (Phi) is 4.11. The van der Waals surface area contributed by atoms with Crippen LogP contribution in [0.25, 0.3) is 10.9 Å². The minimum absolute atomic E-state index is 0.108. The molecule has 2 aromatic rings. The summed E-state index contributed by atoms with van der Waals surface area (Å²) >= 11 is 0. The number of piperazine rings is 1. The van der Waals surface area contributed by atoms with Gasteiger partial charge < -0.3 is 20.5 Å². The molecule has 1 aliphatic rings. The normalized spacial score (nSPS) is 15.2. The van der Waals surface area contributed by atoms with Crippen LogP contribution in [-0.4, -0.2) is 36.7 Å². The lowest BCUT2D eigenvalue weighted by molar-refractivity contribution is -0.118. The third-order valence-electron chi connectivity index (χ3n) is 4.04. The van der Waals surface area contributed by atoms with E-state index in [0.717, 1.165) is 42.8 Å². The molecule has 3 N–H and O–H groups in total. The van der Waals surface area contributed by atoms with Crippen LogP contribution in [-0.2, 0) is 11.3 Å². The van der Waals surface area contributed by atoms with E-state index in [4.69, 9.17) is 5.73 Å². The number of anilines is 1. The van der Waals surface area contributed by atoms with Crippen molar-refractivity contribution < 1.29 is 4.79 Å². The molecule has 0 aliphatic carbocycles. The van der Waals surface area contributed by atoms with E-state index < -0.39 is 5.91 Å². The number of nitrogens with one attached hydrogen (secondary N) is 1. The number of pyridine rings is 1. The van der Waals surface area contributed by atoms with Crippen molar-refractivity contribution in [2.45, 2.75) is 13.0 Å². The number of benzene rings is 1. The Morgan fingerprint density at radius 1 is 1.18 bits per heavy atom. The monoisotopic (exact) mass is 300 g/mol.